The number of aryl methyl sites for hydroxylation is 1. The van der Waals surface area contributed by atoms with Gasteiger partial charge in [-0.05, 0) is 75.2 Å². The first kappa shape index (κ1) is 29.3. The molecular formula is C32H30ClN3O5S. The van der Waals surface area contributed by atoms with Crippen LogP contribution in [-0.4, -0.2) is 41.5 Å². The van der Waals surface area contributed by atoms with Crippen molar-refractivity contribution in [3.63, 3.8) is 0 Å². The molecule has 0 aliphatic carbocycles. The van der Waals surface area contributed by atoms with Crippen LogP contribution in [0.5, 0.6) is 0 Å². The van der Waals surface area contributed by atoms with Crippen LogP contribution in [0.3, 0.4) is 0 Å². The summed E-state index contributed by atoms with van der Waals surface area (Å²) in [7, 11) is 1.34. The van der Waals surface area contributed by atoms with Gasteiger partial charge in [-0.3, -0.25) is 14.2 Å². The van der Waals surface area contributed by atoms with Gasteiger partial charge in [-0.15, -0.1) is 0 Å². The van der Waals surface area contributed by atoms with Crippen molar-refractivity contribution in [3.8, 4) is 11.3 Å². The molecule has 4 aromatic rings. The maximum Gasteiger partial charge on any atom is 0.337 e. The van der Waals surface area contributed by atoms with Crippen molar-refractivity contribution in [2.24, 2.45) is 4.99 Å². The van der Waals surface area contributed by atoms with Crippen molar-refractivity contribution in [1.29, 1.82) is 0 Å². The van der Waals surface area contributed by atoms with Crippen molar-refractivity contribution in [2.75, 3.05) is 20.2 Å². The van der Waals surface area contributed by atoms with Crippen LogP contribution in [0.15, 0.2) is 80.1 Å². The number of ether oxygens (including phenoxy) is 1. The third kappa shape index (κ3) is 5.37. The van der Waals surface area contributed by atoms with Crippen molar-refractivity contribution >= 4 is 40.9 Å². The molecule has 2 aromatic heterocycles. The Labute approximate surface area is 251 Å². The lowest BCUT2D eigenvalue weighted by molar-refractivity contribution is -0.127. The number of thiazole rings is 1. The Balaban J connectivity index is 1.60. The SMILES string of the molecule is CCN(CC)C(=O)C1=C(C)N=c2s/c(=C\c3ccc(-c4ccc(C(=O)OC)cc4C)o3)c(=O)n2[C@H]1c1ccc(Cl)cc1. The van der Waals surface area contributed by atoms with E-state index >= 15 is 0 Å². The highest BCUT2D eigenvalue weighted by molar-refractivity contribution is 7.07. The summed E-state index contributed by atoms with van der Waals surface area (Å²) in [5.41, 5.74) is 3.66. The fraction of sp³-hybridized carbons (Fsp3) is 0.250. The zero-order valence-corrected chi connectivity index (χ0v) is 25.5. The number of halogens is 1. The average Bonchev–Trinajstić information content (AvgIpc) is 3.56. The van der Waals surface area contributed by atoms with E-state index in [-0.39, 0.29) is 11.5 Å². The van der Waals surface area contributed by atoms with Crippen LogP contribution in [0, 0.1) is 6.92 Å². The molecule has 2 aromatic carbocycles. The number of likely N-dealkylation sites (N-methyl/N-ethyl adjacent to an activating group) is 1. The first-order valence-electron chi connectivity index (χ1n) is 13.5. The molecule has 1 atom stereocenters. The van der Waals surface area contributed by atoms with Crippen LogP contribution in [0.1, 0.15) is 54.1 Å². The fourth-order valence-electron chi connectivity index (χ4n) is 5.13. The number of benzene rings is 2. The van der Waals surface area contributed by atoms with Gasteiger partial charge in [0.2, 0.25) is 0 Å². The van der Waals surface area contributed by atoms with E-state index < -0.39 is 12.0 Å². The number of carbonyl (C=O) groups is 2. The highest BCUT2D eigenvalue weighted by Crippen LogP contribution is 2.32. The molecule has 0 saturated heterocycles. The molecule has 1 amide bonds. The number of aromatic nitrogens is 1. The highest BCUT2D eigenvalue weighted by atomic mass is 35.5. The first-order chi connectivity index (χ1) is 20.2. The Morgan fingerprint density at radius 1 is 1.10 bits per heavy atom. The number of rotatable bonds is 7. The zero-order valence-electron chi connectivity index (χ0n) is 23.9. The number of methoxy groups -OCH3 is 1. The summed E-state index contributed by atoms with van der Waals surface area (Å²) >= 11 is 7.42. The Bertz CT molecular complexity index is 1890. The van der Waals surface area contributed by atoms with E-state index in [1.54, 1.807) is 51.9 Å². The van der Waals surface area contributed by atoms with E-state index in [9.17, 15) is 14.4 Å². The van der Waals surface area contributed by atoms with Gasteiger partial charge in [0.05, 0.1) is 34.5 Å². The van der Waals surface area contributed by atoms with E-state index in [4.69, 9.17) is 25.7 Å². The topological polar surface area (TPSA) is 94.1 Å². The van der Waals surface area contributed by atoms with Gasteiger partial charge in [-0.1, -0.05) is 41.1 Å². The number of nitrogens with zero attached hydrogens (tertiary/aromatic N) is 3. The largest absolute Gasteiger partial charge is 0.465 e. The summed E-state index contributed by atoms with van der Waals surface area (Å²) in [6.07, 6.45) is 1.69. The molecule has 0 radical (unpaired) electrons. The van der Waals surface area contributed by atoms with E-state index in [0.29, 0.717) is 55.8 Å². The van der Waals surface area contributed by atoms with Crippen LogP contribution < -0.4 is 14.9 Å². The third-order valence-electron chi connectivity index (χ3n) is 7.30. The molecule has 3 heterocycles. The molecule has 216 valence electrons. The molecule has 10 heteroatoms. The Kier molecular flexibility index (Phi) is 8.34. The normalized spacial score (nSPS) is 14.9. The summed E-state index contributed by atoms with van der Waals surface area (Å²) in [6.45, 7) is 8.62. The molecule has 42 heavy (non-hydrogen) atoms. The highest BCUT2D eigenvalue weighted by Gasteiger charge is 2.34. The Morgan fingerprint density at radius 2 is 1.81 bits per heavy atom. The number of hydrogen-bond acceptors (Lipinski definition) is 7. The molecule has 0 unspecified atom stereocenters. The monoisotopic (exact) mass is 603 g/mol. The van der Waals surface area contributed by atoms with Gasteiger partial charge in [0.15, 0.2) is 4.80 Å². The molecule has 0 N–H and O–H groups in total. The standard InChI is InChI=1S/C32H30ClN3O5S/c1-6-35(7-2)30(38)27-19(4)34-32-36(28(27)20-8-11-22(33)12-9-20)29(37)26(42-32)17-23-13-15-25(41-23)24-14-10-21(16-18(24)3)31(39)40-5/h8-17,28H,6-7H2,1-5H3/b26-17-/t28-/m0/s1. The molecule has 0 fully saturated rings. The molecule has 1 aliphatic rings. The van der Waals surface area contributed by atoms with Gasteiger partial charge in [-0.25, -0.2) is 9.79 Å². The number of hydrogen-bond donors (Lipinski definition) is 0. The second-order valence-electron chi connectivity index (χ2n) is 9.83. The van der Waals surface area contributed by atoms with E-state index in [0.717, 1.165) is 16.7 Å². The fourth-order valence-corrected chi connectivity index (χ4v) is 6.28. The van der Waals surface area contributed by atoms with E-state index in [1.807, 2.05) is 45.9 Å². The summed E-state index contributed by atoms with van der Waals surface area (Å²) < 4.78 is 12.9. The molecule has 0 spiro atoms. The summed E-state index contributed by atoms with van der Waals surface area (Å²) in [6, 6.07) is 15.4. The minimum Gasteiger partial charge on any atom is -0.465 e. The van der Waals surface area contributed by atoms with Gasteiger partial charge >= 0.3 is 5.97 Å². The number of fused-ring (bicyclic) bond motifs is 1. The van der Waals surface area contributed by atoms with Crippen molar-refractivity contribution in [2.45, 2.75) is 33.7 Å². The summed E-state index contributed by atoms with van der Waals surface area (Å²) in [5, 5.41) is 0.562. The second kappa shape index (κ2) is 12.0. The van der Waals surface area contributed by atoms with Crippen molar-refractivity contribution in [3.05, 3.63) is 113 Å². The second-order valence-corrected chi connectivity index (χ2v) is 11.3. The third-order valence-corrected chi connectivity index (χ3v) is 8.54. The number of furan rings is 1. The quantitative estimate of drug-likeness (QED) is 0.274. The zero-order chi connectivity index (χ0) is 30.1. The van der Waals surface area contributed by atoms with Crippen LogP contribution in [0.25, 0.3) is 17.4 Å². The van der Waals surface area contributed by atoms with Crippen LogP contribution in [0.2, 0.25) is 5.02 Å². The van der Waals surface area contributed by atoms with Gasteiger partial charge in [0.25, 0.3) is 11.5 Å². The van der Waals surface area contributed by atoms with Gasteiger partial charge in [0, 0.05) is 29.8 Å². The molecule has 1 aliphatic heterocycles. The Morgan fingerprint density at radius 3 is 2.45 bits per heavy atom. The molecule has 0 bridgehead atoms. The number of carbonyl (C=O) groups excluding carboxylic acids is 2. The summed E-state index contributed by atoms with van der Waals surface area (Å²) in [5.74, 6) is 0.531. The van der Waals surface area contributed by atoms with Crippen molar-refractivity contribution in [1.82, 2.24) is 9.47 Å². The van der Waals surface area contributed by atoms with Crippen LogP contribution >= 0.6 is 22.9 Å². The minimum atomic E-state index is -0.656. The maximum absolute atomic E-state index is 13.9. The van der Waals surface area contributed by atoms with Crippen LogP contribution in [-0.2, 0) is 9.53 Å². The molecule has 8 nitrogen and oxygen atoms in total. The lowest BCUT2D eigenvalue weighted by atomic mass is 9.94. The van der Waals surface area contributed by atoms with Crippen LogP contribution in [0.4, 0.5) is 0 Å². The Hall–Kier alpha value is -4.21. The van der Waals surface area contributed by atoms with E-state index in [1.165, 1.54) is 18.4 Å². The number of allylic oxidation sites excluding steroid dienone is 1. The van der Waals surface area contributed by atoms with E-state index in [2.05, 4.69) is 0 Å². The molecule has 0 saturated carbocycles. The number of amides is 1. The lowest BCUT2D eigenvalue weighted by Crippen LogP contribution is -2.43. The van der Waals surface area contributed by atoms with Gasteiger partial charge in [0.1, 0.15) is 11.5 Å². The predicted octanol–water partition coefficient (Wildman–Crippen LogP) is 5.11. The molecule has 5 rings (SSSR count). The number of esters is 1. The lowest BCUT2D eigenvalue weighted by Gasteiger charge is -2.29. The molecular weight excluding hydrogens is 574 g/mol. The van der Waals surface area contributed by atoms with Gasteiger partial charge < -0.3 is 14.1 Å². The predicted molar refractivity (Wildman–Crippen MR) is 163 cm³/mol. The van der Waals surface area contributed by atoms with Crippen molar-refractivity contribution < 1.29 is 18.7 Å². The smallest absolute Gasteiger partial charge is 0.337 e. The minimum absolute atomic E-state index is 0.153. The van der Waals surface area contributed by atoms with Gasteiger partial charge in [-0.2, -0.15) is 0 Å². The average molecular weight is 604 g/mol. The summed E-state index contributed by atoms with van der Waals surface area (Å²) in [4.78, 5) is 46.5. The maximum atomic E-state index is 13.9. The first-order valence-corrected chi connectivity index (χ1v) is 14.7.